The number of aromatic nitrogens is 1. The molecule has 0 aliphatic carbocycles. The van der Waals surface area contributed by atoms with Crippen molar-refractivity contribution in [2.45, 2.75) is 58.3 Å². The number of carboxylic acids is 1. The van der Waals surface area contributed by atoms with Crippen molar-refractivity contribution in [2.24, 2.45) is 5.92 Å². The minimum Gasteiger partial charge on any atom is -0.478 e. The minimum absolute atomic E-state index is 0.121. The van der Waals surface area contributed by atoms with Gasteiger partial charge in [0.1, 0.15) is 0 Å². The molecule has 0 radical (unpaired) electrons. The van der Waals surface area contributed by atoms with Crippen molar-refractivity contribution in [1.82, 2.24) is 9.88 Å². The highest BCUT2D eigenvalue weighted by atomic mass is 16.4. The van der Waals surface area contributed by atoms with Crippen molar-refractivity contribution in [2.75, 3.05) is 0 Å². The van der Waals surface area contributed by atoms with E-state index in [-0.39, 0.29) is 23.8 Å². The summed E-state index contributed by atoms with van der Waals surface area (Å²) >= 11 is 0. The van der Waals surface area contributed by atoms with Gasteiger partial charge < -0.3 is 10.2 Å². The molecule has 0 spiro atoms. The Morgan fingerprint density at radius 1 is 1.52 bits per heavy atom. The SMILES string of the molecule is CC(C)C[C@@H]1[C@@H](O)CC(C)N1Cc1cc(C(=O)O)ccn1. The number of carbonyl (C=O) groups is 1. The van der Waals surface area contributed by atoms with Crippen molar-refractivity contribution in [3.63, 3.8) is 0 Å². The zero-order chi connectivity index (χ0) is 15.6. The molecule has 3 atom stereocenters. The number of pyridine rings is 1. The second-order valence-corrected chi connectivity index (χ2v) is 6.36. The van der Waals surface area contributed by atoms with E-state index in [1.165, 1.54) is 12.3 Å². The molecule has 1 fully saturated rings. The monoisotopic (exact) mass is 292 g/mol. The lowest BCUT2D eigenvalue weighted by molar-refractivity contribution is 0.0695. The number of likely N-dealkylation sites (tertiary alicyclic amines) is 1. The standard InChI is InChI=1S/C16H24N2O3/c1-10(2)6-14-15(19)7-11(3)18(14)9-13-8-12(16(20)21)4-5-17-13/h4-5,8,10-11,14-15,19H,6-7,9H2,1-3H3,(H,20,21)/t11?,14-,15+/m1/s1. The molecule has 21 heavy (non-hydrogen) atoms. The molecular weight excluding hydrogens is 268 g/mol. The Morgan fingerprint density at radius 2 is 2.24 bits per heavy atom. The van der Waals surface area contributed by atoms with Crippen LogP contribution in [0.4, 0.5) is 0 Å². The van der Waals surface area contributed by atoms with Gasteiger partial charge in [0.05, 0.1) is 17.4 Å². The number of carboxylic acid groups (broad SMARTS) is 1. The Labute approximate surface area is 125 Å². The molecule has 1 saturated heterocycles. The smallest absolute Gasteiger partial charge is 0.335 e. The van der Waals surface area contributed by atoms with E-state index < -0.39 is 5.97 Å². The van der Waals surface area contributed by atoms with Gasteiger partial charge >= 0.3 is 5.97 Å². The van der Waals surface area contributed by atoms with Crippen LogP contribution >= 0.6 is 0 Å². The number of nitrogens with zero attached hydrogens (tertiary/aromatic N) is 2. The summed E-state index contributed by atoms with van der Waals surface area (Å²) in [6, 6.07) is 3.51. The average Bonchev–Trinajstić information content (AvgIpc) is 2.65. The third kappa shape index (κ3) is 3.80. The van der Waals surface area contributed by atoms with Crippen LogP contribution in [0.5, 0.6) is 0 Å². The van der Waals surface area contributed by atoms with Gasteiger partial charge in [-0.15, -0.1) is 0 Å². The largest absolute Gasteiger partial charge is 0.478 e. The lowest BCUT2D eigenvalue weighted by atomic mass is 10.00. The lowest BCUT2D eigenvalue weighted by Gasteiger charge is -2.30. The van der Waals surface area contributed by atoms with Gasteiger partial charge in [-0.2, -0.15) is 0 Å². The van der Waals surface area contributed by atoms with Gasteiger partial charge in [-0.05, 0) is 37.8 Å². The number of rotatable bonds is 5. The van der Waals surface area contributed by atoms with Crippen molar-refractivity contribution >= 4 is 5.97 Å². The van der Waals surface area contributed by atoms with Crippen LogP contribution in [-0.4, -0.2) is 44.3 Å². The molecule has 116 valence electrons. The topological polar surface area (TPSA) is 73.7 Å². The van der Waals surface area contributed by atoms with Crippen LogP contribution in [0.1, 0.15) is 49.7 Å². The number of hydrogen-bond donors (Lipinski definition) is 2. The highest BCUT2D eigenvalue weighted by molar-refractivity contribution is 5.87. The fourth-order valence-electron chi connectivity index (χ4n) is 3.12. The summed E-state index contributed by atoms with van der Waals surface area (Å²) < 4.78 is 0. The highest BCUT2D eigenvalue weighted by Gasteiger charge is 2.38. The predicted molar refractivity (Wildman–Crippen MR) is 80.1 cm³/mol. The summed E-state index contributed by atoms with van der Waals surface area (Å²) in [5.41, 5.74) is 0.998. The van der Waals surface area contributed by atoms with Crippen LogP contribution in [0.3, 0.4) is 0 Å². The number of hydrogen-bond acceptors (Lipinski definition) is 4. The fraction of sp³-hybridized carbons (Fsp3) is 0.625. The van der Waals surface area contributed by atoms with Gasteiger partial charge in [0, 0.05) is 24.8 Å². The summed E-state index contributed by atoms with van der Waals surface area (Å²) in [5, 5.41) is 19.3. The van der Waals surface area contributed by atoms with Crippen LogP contribution in [-0.2, 0) is 6.54 Å². The summed E-state index contributed by atoms with van der Waals surface area (Å²) in [5.74, 6) is -0.428. The summed E-state index contributed by atoms with van der Waals surface area (Å²) in [7, 11) is 0. The van der Waals surface area contributed by atoms with E-state index in [1.54, 1.807) is 6.07 Å². The maximum atomic E-state index is 11.0. The molecule has 1 unspecified atom stereocenters. The van der Waals surface area contributed by atoms with E-state index >= 15 is 0 Å². The highest BCUT2D eigenvalue weighted by Crippen LogP contribution is 2.30. The fourth-order valence-corrected chi connectivity index (χ4v) is 3.12. The van der Waals surface area contributed by atoms with Gasteiger partial charge in [0.25, 0.3) is 0 Å². The van der Waals surface area contributed by atoms with Crippen LogP contribution in [0, 0.1) is 5.92 Å². The van der Waals surface area contributed by atoms with Gasteiger partial charge in [0.2, 0.25) is 0 Å². The molecule has 0 amide bonds. The van der Waals surface area contributed by atoms with Crippen LogP contribution in [0.25, 0.3) is 0 Å². The van der Waals surface area contributed by atoms with Gasteiger partial charge in [-0.25, -0.2) is 4.79 Å². The molecule has 2 N–H and O–H groups in total. The van der Waals surface area contributed by atoms with Gasteiger partial charge in [-0.3, -0.25) is 9.88 Å². The molecule has 5 nitrogen and oxygen atoms in total. The summed E-state index contributed by atoms with van der Waals surface area (Å²) in [4.78, 5) is 17.6. The third-order valence-corrected chi connectivity index (χ3v) is 4.14. The molecule has 0 saturated carbocycles. The van der Waals surface area contributed by atoms with Crippen molar-refractivity contribution in [1.29, 1.82) is 0 Å². The Bertz CT molecular complexity index is 504. The normalized spacial score (nSPS) is 26.4. The molecule has 1 aliphatic rings. The summed E-state index contributed by atoms with van der Waals surface area (Å²) in [6.45, 7) is 6.98. The summed E-state index contributed by atoms with van der Waals surface area (Å²) in [6.07, 6.45) is 2.91. The molecule has 1 aromatic rings. The van der Waals surface area contributed by atoms with Crippen LogP contribution < -0.4 is 0 Å². The van der Waals surface area contributed by atoms with E-state index in [0.29, 0.717) is 12.5 Å². The van der Waals surface area contributed by atoms with Crippen molar-refractivity contribution in [3.05, 3.63) is 29.6 Å². The molecule has 5 heteroatoms. The third-order valence-electron chi connectivity index (χ3n) is 4.14. The molecule has 0 aromatic carbocycles. The molecule has 2 heterocycles. The molecule has 0 bridgehead atoms. The molecule has 1 aliphatic heterocycles. The second-order valence-electron chi connectivity index (χ2n) is 6.36. The number of aliphatic hydroxyl groups excluding tert-OH is 1. The Morgan fingerprint density at radius 3 is 2.86 bits per heavy atom. The van der Waals surface area contributed by atoms with E-state index in [1.807, 2.05) is 0 Å². The van der Waals surface area contributed by atoms with E-state index in [0.717, 1.165) is 18.5 Å². The number of aromatic carboxylic acids is 1. The zero-order valence-corrected chi connectivity index (χ0v) is 12.9. The lowest BCUT2D eigenvalue weighted by Crippen LogP contribution is -2.38. The van der Waals surface area contributed by atoms with Gasteiger partial charge in [-0.1, -0.05) is 13.8 Å². The first-order valence-electron chi connectivity index (χ1n) is 7.50. The Kier molecular flexibility index (Phi) is 4.96. The Hall–Kier alpha value is -1.46. The van der Waals surface area contributed by atoms with E-state index in [4.69, 9.17) is 5.11 Å². The van der Waals surface area contributed by atoms with Crippen molar-refractivity contribution < 1.29 is 15.0 Å². The predicted octanol–water partition coefficient (Wildman–Crippen LogP) is 2.15. The molecule has 2 rings (SSSR count). The number of aliphatic hydroxyl groups is 1. The van der Waals surface area contributed by atoms with E-state index in [9.17, 15) is 9.90 Å². The zero-order valence-electron chi connectivity index (χ0n) is 12.9. The minimum atomic E-state index is -0.938. The van der Waals surface area contributed by atoms with Crippen LogP contribution in [0.15, 0.2) is 18.3 Å². The van der Waals surface area contributed by atoms with E-state index in [2.05, 4.69) is 30.7 Å². The first-order chi connectivity index (χ1) is 9.88. The average molecular weight is 292 g/mol. The quantitative estimate of drug-likeness (QED) is 0.870. The first-order valence-corrected chi connectivity index (χ1v) is 7.50. The van der Waals surface area contributed by atoms with Crippen molar-refractivity contribution in [3.8, 4) is 0 Å². The molecular formula is C16H24N2O3. The first kappa shape index (κ1) is 15.9. The second kappa shape index (κ2) is 6.54. The Balaban J connectivity index is 2.15. The van der Waals surface area contributed by atoms with Gasteiger partial charge in [0.15, 0.2) is 0 Å². The maximum Gasteiger partial charge on any atom is 0.335 e. The van der Waals surface area contributed by atoms with Crippen LogP contribution in [0.2, 0.25) is 0 Å². The molecule has 1 aromatic heterocycles. The maximum absolute atomic E-state index is 11.0.